The summed E-state index contributed by atoms with van der Waals surface area (Å²) in [5.41, 5.74) is 0. The van der Waals surface area contributed by atoms with E-state index in [2.05, 4.69) is 18.7 Å². The summed E-state index contributed by atoms with van der Waals surface area (Å²) < 4.78 is 11.2. The first-order chi connectivity index (χ1) is 10.5. The summed E-state index contributed by atoms with van der Waals surface area (Å²) in [6.07, 6.45) is -0.543. The van der Waals surface area contributed by atoms with Gasteiger partial charge in [0.2, 0.25) is 0 Å². The number of aryl methyl sites for hydroxylation is 1. The highest BCUT2D eigenvalue weighted by atomic mass is 16.5. The number of benzene rings is 1. The minimum absolute atomic E-state index is 0.282. The molecule has 4 nitrogen and oxygen atoms in total. The molecule has 4 heteroatoms. The van der Waals surface area contributed by atoms with E-state index >= 15 is 0 Å². The van der Waals surface area contributed by atoms with Crippen molar-refractivity contribution in [1.29, 1.82) is 0 Å². The van der Waals surface area contributed by atoms with Crippen LogP contribution < -0.4 is 4.74 Å². The minimum Gasteiger partial charge on any atom is -0.491 e. The number of para-hydroxylation sites is 1. The summed E-state index contributed by atoms with van der Waals surface area (Å²) in [5.74, 6) is 2.60. The molecule has 0 spiro atoms. The normalized spacial score (nSPS) is 12.8. The zero-order valence-electron chi connectivity index (χ0n) is 13.5. The molecule has 1 unspecified atom stereocenters. The van der Waals surface area contributed by atoms with Gasteiger partial charge in [0.1, 0.15) is 30.0 Å². The average molecular weight is 303 g/mol. The van der Waals surface area contributed by atoms with Crippen LogP contribution in [0.25, 0.3) is 0 Å². The van der Waals surface area contributed by atoms with E-state index < -0.39 is 6.10 Å². The highest BCUT2D eigenvalue weighted by Crippen LogP contribution is 2.13. The lowest BCUT2D eigenvalue weighted by Crippen LogP contribution is -2.39. The van der Waals surface area contributed by atoms with Crippen LogP contribution in [0.1, 0.15) is 25.4 Å². The predicted molar refractivity (Wildman–Crippen MR) is 86.9 cm³/mol. The van der Waals surface area contributed by atoms with Gasteiger partial charge >= 0.3 is 0 Å². The Hall–Kier alpha value is -1.78. The summed E-state index contributed by atoms with van der Waals surface area (Å²) in [6.45, 7) is 7.68. The van der Waals surface area contributed by atoms with E-state index in [1.165, 1.54) is 0 Å². The van der Waals surface area contributed by atoms with Gasteiger partial charge in [-0.05, 0) is 45.0 Å². The Balaban J connectivity index is 1.84. The van der Waals surface area contributed by atoms with Crippen molar-refractivity contribution in [2.24, 2.45) is 0 Å². The van der Waals surface area contributed by atoms with Crippen LogP contribution in [0.15, 0.2) is 46.9 Å². The lowest BCUT2D eigenvalue weighted by atomic mass is 10.2. The van der Waals surface area contributed by atoms with Gasteiger partial charge in [0, 0.05) is 12.6 Å². The molecule has 1 heterocycles. The fraction of sp³-hybridized carbons (Fsp3) is 0.444. The summed E-state index contributed by atoms with van der Waals surface area (Å²) in [6, 6.07) is 13.8. The van der Waals surface area contributed by atoms with Crippen molar-refractivity contribution < 1.29 is 14.3 Å². The van der Waals surface area contributed by atoms with Crippen LogP contribution in [-0.4, -0.2) is 35.3 Å². The van der Waals surface area contributed by atoms with Crippen LogP contribution in [0.2, 0.25) is 0 Å². The van der Waals surface area contributed by atoms with Crippen LogP contribution in [0.5, 0.6) is 5.75 Å². The number of rotatable bonds is 8. The molecule has 0 bridgehead atoms. The molecule has 0 radical (unpaired) electrons. The molecule has 0 aliphatic rings. The second-order valence-electron chi connectivity index (χ2n) is 5.81. The maximum Gasteiger partial charge on any atom is 0.119 e. The zero-order chi connectivity index (χ0) is 15.9. The Morgan fingerprint density at radius 2 is 1.86 bits per heavy atom. The van der Waals surface area contributed by atoms with Crippen LogP contribution in [0.3, 0.4) is 0 Å². The molecular formula is C18H25NO3. The molecule has 0 amide bonds. The van der Waals surface area contributed by atoms with Gasteiger partial charge in [-0.3, -0.25) is 4.90 Å². The average Bonchev–Trinajstić information content (AvgIpc) is 2.91. The maximum absolute atomic E-state index is 10.2. The quantitative estimate of drug-likeness (QED) is 0.813. The molecule has 22 heavy (non-hydrogen) atoms. The molecule has 1 atom stereocenters. The van der Waals surface area contributed by atoms with Gasteiger partial charge in [-0.25, -0.2) is 0 Å². The molecule has 0 saturated heterocycles. The molecule has 0 aliphatic heterocycles. The highest BCUT2D eigenvalue weighted by molar-refractivity contribution is 5.20. The third kappa shape index (κ3) is 5.20. The van der Waals surface area contributed by atoms with Gasteiger partial charge < -0.3 is 14.3 Å². The van der Waals surface area contributed by atoms with Gasteiger partial charge in [0.05, 0.1) is 6.54 Å². The number of aliphatic hydroxyl groups excluding tert-OH is 1. The van der Waals surface area contributed by atoms with E-state index in [9.17, 15) is 5.11 Å². The van der Waals surface area contributed by atoms with Crippen molar-refractivity contribution in [3.63, 3.8) is 0 Å². The SMILES string of the molecule is Cc1ccc(CN(CC(O)COc2ccccc2)C(C)C)o1. The molecule has 2 rings (SSSR count). The number of aliphatic hydroxyl groups is 1. The molecule has 0 saturated carbocycles. The maximum atomic E-state index is 10.2. The first-order valence-electron chi connectivity index (χ1n) is 7.70. The van der Waals surface area contributed by atoms with Crippen LogP contribution in [0, 0.1) is 6.92 Å². The number of hydrogen-bond acceptors (Lipinski definition) is 4. The number of furan rings is 1. The van der Waals surface area contributed by atoms with Gasteiger partial charge in [-0.15, -0.1) is 0 Å². The zero-order valence-corrected chi connectivity index (χ0v) is 13.5. The van der Waals surface area contributed by atoms with E-state index in [-0.39, 0.29) is 6.61 Å². The van der Waals surface area contributed by atoms with E-state index in [1.54, 1.807) is 0 Å². The lowest BCUT2D eigenvalue weighted by molar-refractivity contribution is 0.0515. The Morgan fingerprint density at radius 1 is 1.14 bits per heavy atom. The van der Waals surface area contributed by atoms with Crippen LogP contribution >= 0.6 is 0 Å². The van der Waals surface area contributed by atoms with Gasteiger partial charge in [-0.1, -0.05) is 18.2 Å². The monoisotopic (exact) mass is 303 g/mol. The van der Waals surface area contributed by atoms with E-state index in [1.807, 2.05) is 49.4 Å². The van der Waals surface area contributed by atoms with Gasteiger partial charge in [-0.2, -0.15) is 0 Å². The van der Waals surface area contributed by atoms with Crippen LogP contribution in [-0.2, 0) is 6.54 Å². The van der Waals surface area contributed by atoms with Gasteiger partial charge in [0.25, 0.3) is 0 Å². The fourth-order valence-electron chi connectivity index (χ4n) is 2.26. The van der Waals surface area contributed by atoms with Gasteiger partial charge in [0.15, 0.2) is 0 Å². The predicted octanol–water partition coefficient (Wildman–Crippen LogP) is 3.24. The molecule has 1 N–H and O–H groups in total. The Bertz CT molecular complexity index is 550. The third-order valence-corrected chi connectivity index (χ3v) is 3.52. The Kier molecular flexibility index (Phi) is 6.04. The first-order valence-corrected chi connectivity index (χ1v) is 7.70. The van der Waals surface area contributed by atoms with E-state index in [0.717, 1.165) is 17.3 Å². The Labute approximate surface area is 132 Å². The minimum atomic E-state index is -0.543. The molecule has 1 aromatic carbocycles. The molecule has 2 aromatic rings. The van der Waals surface area contributed by atoms with Crippen molar-refractivity contribution in [3.05, 3.63) is 54.0 Å². The second-order valence-corrected chi connectivity index (χ2v) is 5.81. The topological polar surface area (TPSA) is 45.8 Å². The number of ether oxygens (including phenoxy) is 1. The van der Waals surface area contributed by atoms with Crippen molar-refractivity contribution in [2.45, 2.75) is 39.5 Å². The van der Waals surface area contributed by atoms with Crippen molar-refractivity contribution in [3.8, 4) is 5.75 Å². The lowest BCUT2D eigenvalue weighted by Gasteiger charge is -2.27. The first kappa shape index (κ1) is 16.6. The smallest absolute Gasteiger partial charge is 0.119 e. The van der Waals surface area contributed by atoms with E-state index in [4.69, 9.17) is 9.15 Å². The largest absolute Gasteiger partial charge is 0.491 e. The summed E-state index contributed by atoms with van der Waals surface area (Å²) in [5, 5.41) is 10.2. The summed E-state index contributed by atoms with van der Waals surface area (Å²) >= 11 is 0. The van der Waals surface area contributed by atoms with Crippen molar-refractivity contribution in [2.75, 3.05) is 13.2 Å². The number of hydrogen-bond donors (Lipinski definition) is 1. The third-order valence-electron chi connectivity index (χ3n) is 3.52. The van der Waals surface area contributed by atoms with Crippen LogP contribution in [0.4, 0.5) is 0 Å². The Morgan fingerprint density at radius 3 is 2.45 bits per heavy atom. The molecule has 120 valence electrons. The molecule has 1 aromatic heterocycles. The molecule has 0 fully saturated rings. The fourth-order valence-corrected chi connectivity index (χ4v) is 2.26. The molecule has 0 aliphatic carbocycles. The van der Waals surface area contributed by atoms with E-state index in [0.29, 0.717) is 19.1 Å². The molecular weight excluding hydrogens is 278 g/mol. The van der Waals surface area contributed by atoms with Crippen molar-refractivity contribution in [1.82, 2.24) is 4.90 Å². The summed E-state index contributed by atoms with van der Waals surface area (Å²) in [7, 11) is 0. The standard InChI is InChI=1S/C18H25NO3/c1-14(2)19(12-18-10-9-15(3)22-18)11-16(20)13-21-17-7-5-4-6-8-17/h4-10,14,16,20H,11-13H2,1-3H3. The van der Waals surface area contributed by atoms with Crippen molar-refractivity contribution >= 4 is 0 Å². The second kappa shape index (κ2) is 8.01. The number of nitrogens with zero attached hydrogens (tertiary/aromatic N) is 1. The summed E-state index contributed by atoms with van der Waals surface area (Å²) in [4.78, 5) is 2.18. The highest BCUT2D eigenvalue weighted by Gasteiger charge is 2.17.